The summed E-state index contributed by atoms with van der Waals surface area (Å²) in [6.07, 6.45) is 1.09. The molecular weight excluding hydrogens is 361 g/mol. The predicted molar refractivity (Wildman–Crippen MR) is 96.6 cm³/mol. The van der Waals surface area contributed by atoms with Crippen molar-refractivity contribution in [2.24, 2.45) is 0 Å². The summed E-state index contributed by atoms with van der Waals surface area (Å²) in [4.78, 5) is 26.4. The molecule has 0 radical (unpaired) electrons. The highest BCUT2D eigenvalue weighted by atomic mass is 35.5. The number of likely N-dealkylation sites (tertiary alicyclic amines) is 1. The highest BCUT2D eigenvalue weighted by molar-refractivity contribution is 6.31. The van der Waals surface area contributed by atoms with Gasteiger partial charge in [0.05, 0.1) is 24.2 Å². The lowest BCUT2D eigenvalue weighted by molar-refractivity contribution is -0.885. The van der Waals surface area contributed by atoms with Crippen LogP contribution in [0, 0.1) is 5.82 Å². The number of carbonyl (C=O) groups excluding carboxylic acids is 2. The van der Waals surface area contributed by atoms with E-state index in [1.807, 2.05) is 7.05 Å². The Morgan fingerprint density at radius 2 is 2.08 bits per heavy atom. The van der Waals surface area contributed by atoms with Gasteiger partial charge in [0, 0.05) is 19.1 Å². The van der Waals surface area contributed by atoms with Gasteiger partial charge in [-0.1, -0.05) is 17.7 Å². The molecule has 1 aliphatic rings. The van der Waals surface area contributed by atoms with Crippen LogP contribution in [0.4, 0.5) is 9.18 Å². The minimum atomic E-state index is -0.358. The molecule has 1 aliphatic heterocycles. The molecule has 0 aliphatic carbocycles. The summed E-state index contributed by atoms with van der Waals surface area (Å²) in [6, 6.07) is 4.61. The van der Waals surface area contributed by atoms with Gasteiger partial charge in [0.2, 0.25) is 0 Å². The quantitative estimate of drug-likeness (QED) is 0.773. The second kappa shape index (κ2) is 9.73. The van der Waals surface area contributed by atoms with Gasteiger partial charge >= 0.3 is 6.09 Å². The molecule has 1 fully saturated rings. The fourth-order valence-electron chi connectivity index (χ4n) is 3.04. The van der Waals surface area contributed by atoms with E-state index in [4.69, 9.17) is 16.3 Å². The normalized spacial score (nSPS) is 16.2. The van der Waals surface area contributed by atoms with Gasteiger partial charge in [-0.3, -0.25) is 4.79 Å². The van der Waals surface area contributed by atoms with Crippen molar-refractivity contribution < 1.29 is 23.6 Å². The number of hydrogen-bond acceptors (Lipinski definition) is 3. The van der Waals surface area contributed by atoms with Crippen LogP contribution in [-0.4, -0.2) is 56.2 Å². The van der Waals surface area contributed by atoms with Crippen molar-refractivity contribution in [3.8, 4) is 0 Å². The first-order valence-electron chi connectivity index (χ1n) is 8.86. The fraction of sp³-hybridized carbons (Fsp3) is 0.556. The monoisotopic (exact) mass is 386 g/mol. The van der Waals surface area contributed by atoms with Crippen molar-refractivity contribution in [1.82, 2.24) is 10.2 Å². The molecule has 144 valence electrons. The average molecular weight is 387 g/mol. The topological polar surface area (TPSA) is 63.1 Å². The molecule has 0 bridgehead atoms. The van der Waals surface area contributed by atoms with Gasteiger partial charge in [-0.25, -0.2) is 9.18 Å². The van der Waals surface area contributed by atoms with Crippen molar-refractivity contribution in [3.05, 3.63) is 34.6 Å². The van der Waals surface area contributed by atoms with Crippen molar-refractivity contribution in [2.45, 2.75) is 32.4 Å². The molecule has 1 aromatic carbocycles. The minimum Gasteiger partial charge on any atom is -0.450 e. The molecule has 1 aromatic rings. The Bertz CT molecular complexity index is 616. The Balaban J connectivity index is 1.76. The van der Waals surface area contributed by atoms with E-state index in [-0.39, 0.29) is 30.4 Å². The molecule has 8 heteroatoms. The summed E-state index contributed by atoms with van der Waals surface area (Å²) in [5.74, 6) is -0.451. The van der Waals surface area contributed by atoms with Gasteiger partial charge in [-0.2, -0.15) is 0 Å². The number of halogens is 2. The number of carbonyl (C=O) groups is 2. The van der Waals surface area contributed by atoms with Crippen LogP contribution in [0.1, 0.15) is 25.3 Å². The molecule has 1 atom stereocenters. The third kappa shape index (κ3) is 5.85. The van der Waals surface area contributed by atoms with E-state index in [2.05, 4.69) is 5.32 Å². The van der Waals surface area contributed by atoms with Gasteiger partial charge in [0.1, 0.15) is 12.4 Å². The molecular formula is C18H26ClFN3O3+. The lowest BCUT2D eigenvalue weighted by Crippen LogP contribution is -3.09. The Labute approximate surface area is 158 Å². The summed E-state index contributed by atoms with van der Waals surface area (Å²) >= 11 is 6.03. The van der Waals surface area contributed by atoms with E-state index in [9.17, 15) is 14.0 Å². The second-order valence-corrected chi connectivity index (χ2v) is 6.95. The molecule has 1 saturated heterocycles. The van der Waals surface area contributed by atoms with Crippen molar-refractivity contribution in [3.63, 3.8) is 0 Å². The number of piperidine rings is 1. The molecule has 0 aromatic heterocycles. The average Bonchev–Trinajstić information content (AvgIpc) is 2.59. The first-order valence-corrected chi connectivity index (χ1v) is 9.23. The third-order valence-corrected chi connectivity index (χ3v) is 4.74. The Hall–Kier alpha value is -1.86. The summed E-state index contributed by atoms with van der Waals surface area (Å²) in [6.45, 7) is 3.83. The number of nitrogens with zero attached hydrogens (tertiary/aromatic N) is 1. The van der Waals surface area contributed by atoms with E-state index in [0.717, 1.165) is 4.90 Å². The minimum absolute atomic E-state index is 0.0398. The van der Waals surface area contributed by atoms with Crippen LogP contribution in [0.15, 0.2) is 18.2 Å². The van der Waals surface area contributed by atoms with E-state index in [1.165, 1.54) is 6.07 Å². The highest BCUT2D eigenvalue weighted by Crippen LogP contribution is 2.17. The zero-order valence-electron chi connectivity index (χ0n) is 15.2. The van der Waals surface area contributed by atoms with Crippen LogP contribution in [0.2, 0.25) is 5.02 Å². The maximum atomic E-state index is 13.8. The molecule has 0 saturated carbocycles. The summed E-state index contributed by atoms with van der Waals surface area (Å²) in [5, 5.41) is 3.36. The van der Waals surface area contributed by atoms with E-state index in [1.54, 1.807) is 24.0 Å². The SMILES string of the molecule is CCOC(=O)N1CCC(NC(=O)C[NH+](C)Cc2c(F)cccc2Cl)CC1. The van der Waals surface area contributed by atoms with Crippen LogP contribution >= 0.6 is 11.6 Å². The number of rotatable bonds is 6. The molecule has 0 spiro atoms. The Kier molecular flexibility index (Phi) is 7.66. The number of hydrogen-bond donors (Lipinski definition) is 2. The first-order chi connectivity index (χ1) is 12.4. The molecule has 2 N–H and O–H groups in total. The fourth-order valence-corrected chi connectivity index (χ4v) is 3.27. The molecule has 6 nitrogen and oxygen atoms in total. The van der Waals surface area contributed by atoms with E-state index in [0.29, 0.717) is 49.7 Å². The highest BCUT2D eigenvalue weighted by Gasteiger charge is 2.25. The zero-order valence-corrected chi connectivity index (χ0v) is 15.9. The van der Waals surface area contributed by atoms with E-state index < -0.39 is 0 Å². The van der Waals surface area contributed by atoms with Crippen LogP contribution < -0.4 is 10.2 Å². The van der Waals surface area contributed by atoms with Gasteiger partial charge < -0.3 is 19.9 Å². The Morgan fingerprint density at radius 3 is 2.69 bits per heavy atom. The van der Waals surface area contributed by atoms with Crippen molar-refractivity contribution in [2.75, 3.05) is 33.3 Å². The van der Waals surface area contributed by atoms with Crippen LogP contribution in [0.5, 0.6) is 0 Å². The number of benzene rings is 1. The van der Waals surface area contributed by atoms with Crippen LogP contribution in [-0.2, 0) is 16.1 Å². The van der Waals surface area contributed by atoms with E-state index >= 15 is 0 Å². The largest absolute Gasteiger partial charge is 0.450 e. The van der Waals surface area contributed by atoms with Gasteiger partial charge in [0.25, 0.3) is 5.91 Å². The second-order valence-electron chi connectivity index (χ2n) is 6.54. The smallest absolute Gasteiger partial charge is 0.409 e. The lowest BCUT2D eigenvalue weighted by atomic mass is 10.1. The zero-order chi connectivity index (χ0) is 19.1. The summed E-state index contributed by atoms with van der Waals surface area (Å²) < 4.78 is 18.8. The van der Waals surface area contributed by atoms with Crippen LogP contribution in [0.25, 0.3) is 0 Å². The number of ether oxygens (including phenoxy) is 1. The molecule has 2 rings (SSSR count). The molecule has 1 heterocycles. The van der Waals surface area contributed by atoms with Crippen molar-refractivity contribution in [1.29, 1.82) is 0 Å². The number of quaternary nitrogens is 1. The van der Waals surface area contributed by atoms with Gasteiger partial charge in [-0.05, 0) is 31.9 Å². The Morgan fingerprint density at radius 1 is 1.38 bits per heavy atom. The van der Waals surface area contributed by atoms with Gasteiger partial charge in [-0.15, -0.1) is 0 Å². The number of amides is 2. The summed E-state index contributed by atoms with van der Waals surface area (Å²) in [7, 11) is 1.83. The molecule has 26 heavy (non-hydrogen) atoms. The van der Waals surface area contributed by atoms with Crippen LogP contribution in [0.3, 0.4) is 0 Å². The molecule has 1 unspecified atom stereocenters. The molecule has 2 amide bonds. The first kappa shape index (κ1) is 20.5. The predicted octanol–water partition coefficient (Wildman–Crippen LogP) is 1.23. The third-order valence-electron chi connectivity index (χ3n) is 4.39. The van der Waals surface area contributed by atoms with Gasteiger partial charge in [0.15, 0.2) is 6.54 Å². The van der Waals surface area contributed by atoms with Crippen molar-refractivity contribution >= 4 is 23.6 Å². The maximum absolute atomic E-state index is 13.8. The lowest BCUT2D eigenvalue weighted by Gasteiger charge is -2.31. The maximum Gasteiger partial charge on any atom is 0.409 e. The standard InChI is InChI=1S/C18H25ClFN3O3/c1-3-26-18(25)23-9-7-13(8-10-23)21-17(24)12-22(2)11-14-15(19)5-4-6-16(14)20/h4-6,13H,3,7-12H2,1-2H3,(H,21,24)/p+1. The summed E-state index contributed by atoms with van der Waals surface area (Å²) in [5.41, 5.74) is 0.419. The number of likely N-dealkylation sites (N-methyl/N-ethyl adjacent to an activating group) is 1. The number of nitrogens with one attached hydrogen (secondary N) is 2.